The van der Waals surface area contributed by atoms with Crippen LogP contribution < -0.4 is 10.6 Å². The standard InChI is InChI=1S/C14H20N2O4S/c1-21-8-2-7-15-14(20)16-12(13(18)19)9-10-3-5-11(17)6-4-10/h3-6,12,17H,2,7-9H2,1H3,(H,18,19)(H2,15,16,20). The number of aromatic hydroxyl groups is 1. The molecular formula is C14H20N2O4S. The van der Waals surface area contributed by atoms with Crippen molar-refractivity contribution in [3.05, 3.63) is 29.8 Å². The molecule has 116 valence electrons. The molecule has 21 heavy (non-hydrogen) atoms. The molecular weight excluding hydrogens is 292 g/mol. The van der Waals surface area contributed by atoms with Crippen LogP contribution in [0.4, 0.5) is 4.79 Å². The zero-order valence-corrected chi connectivity index (χ0v) is 12.7. The number of phenolic OH excluding ortho intramolecular Hbond substituents is 1. The van der Waals surface area contributed by atoms with Crippen molar-refractivity contribution in [3.63, 3.8) is 0 Å². The molecule has 0 aliphatic heterocycles. The average molecular weight is 312 g/mol. The van der Waals surface area contributed by atoms with E-state index in [-0.39, 0.29) is 12.2 Å². The van der Waals surface area contributed by atoms with Crippen LogP contribution in [0.1, 0.15) is 12.0 Å². The van der Waals surface area contributed by atoms with Crippen molar-refractivity contribution in [1.82, 2.24) is 10.6 Å². The second-order valence-electron chi connectivity index (χ2n) is 4.51. The number of nitrogens with one attached hydrogen (secondary N) is 2. The fourth-order valence-corrected chi connectivity index (χ4v) is 2.13. The lowest BCUT2D eigenvalue weighted by atomic mass is 10.1. The van der Waals surface area contributed by atoms with Crippen molar-refractivity contribution in [2.75, 3.05) is 18.6 Å². The van der Waals surface area contributed by atoms with Gasteiger partial charge in [-0.25, -0.2) is 9.59 Å². The Morgan fingerprint density at radius 1 is 1.29 bits per heavy atom. The zero-order chi connectivity index (χ0) is 15.7. The van der Waals surface area contributed by atoms with Crippen LogP contribution in [0, 0.1) is 0 Å². The number of hydrogen-bond donors (Lipinski definition) is 4. The number of amides is 2. The summed E-state index contributed by atoms with van der Waals surface area (Å²) >= 11 is 1.69. The van der Waals surface area contributed by atoms with Gasteiger partial charge in [0, 0.05) is 13.0 Å². The molecule has 2 amide bonds. The summed E-state index contributed by atoms with van der Waals surface area (Å²) in [6, 6.07) is 4.73. The van der Waals surface area contributed by atoms with Gasteiger partial charge in [-0.15, -0.1) is 0 Å². The number of carbonyl (C=O) groups is 2. The average Bonchev–Trinajstić information content (AvgIpc) is 2.45. The number of aliphatic carboxylic acids is 1. The molecule has 0 radical (unpaired) electrons. The molecule has 1 atom stereocenters. The number of carbonyl (C=O) groups excluding carboxylic acids is 1. The van der Waals surface area contributed by atoms with Gasteiger partial charge in [-0.05, 0) is 36.1 Å². The van der Waals surface area contributed by atoms with Gasteiger partial charge < -0.3 is 20.8 Å². The summed E-state index contributed by atoms with van der Waals surface area (Å²) in [7, 11) is 0. The number of urea groups is 1. The largest absolute Gasteiger partial charge is 0.508 e. The van der Waals surface area contributed by atoms with Crippen LogP contribution in [0.25, 0.3) is 0 Å². The number of rotatable bonds is 8. The van der Waals surface area contributed by atoms with E-state index < -0.39 is 18.0 Å². The van der Waals surface area contributed by atoms with E-state index in [0.717, 1.165) is 17.7 Å². The Hall–Kier alpha value is -1.89. The fraction of sp³-hybridized carbons (Fsp3) is 0.429. The molecule has 1 rings (SSSR count). The van der Waals surface area contributed by atoms with Gasteiger partial charge in [0.25, 0.3) is 0 Å². The summed E-state index contributed by atoms with van der Waals surface area (Å²) in [6.45, 7) is 0.512. The Balaban J connectivity index is 2.48. The third-order valence-electron chi connectivity index (χ3n) is 2.79. The molecule has 4 N–H and O–H groups in total. The van der Waals surface area contributed by atoms with Gasteiger partial charge in [0.05, 0.1) is 0 Å². The van der Waals surface area contributed by atoms with Crippen molar-refractivity contribution in [2.24, 2.45) is 0 Å². The minimum absolute atomic E-state index is 0.116. The van der Waals surface area contributed by atoms with E-state index in [1.165, 1.54) is 12.1 Å². The molecule has 0 saturated carbocycles. The molecule has 7 heteroatoms. The van der Waals surface area contributed by atoms with Gasteiger partial charge in [-0.2, -0.15) is 11.8 Å². The van der Waals surface area contributed by atoms with Crippen molar-refractivity contribution < 1.29 is 19.8 Å². The number of thioether (sulfide) groups is 1. The van der Waals surface area contributed by atoms with E-state index in [1.807, 2.05) is 6.26 Å². The van der Waals surface area contributed by atoms with Gasteiger partial charge in [-0.3, -0.25) is 0 Å². The lowest BCUT2D eigenvalue weighted by molar-refractivity contribution is -0.139. The third kappa shape index (κ3) is 6.89. The van der Waals surface area contributed by atoms with Gasteiger partial charge in [-0.1, -0.05) is 12.1 Å². The number of benzene rings is 1. The second-order valence-corrected chi connectivity index (χ2v) is 5.49. The number of hydrogen-bond acceptors (Lipinski definition) is 4. The summed E-state index contributed by atoms with van der Waals surface area (Å²) in [5.41, 5.74) is 0.725. The van der Waals surface area contributed by atoms with Crippen LogP contribution in [-0.4, -0.2) is 46.8 Å². The predicted octanol–water partition coefficient (Wildman–Crippen LogP) is 1.44. The van der Waals surface area contributed by atoms with E-state index in [4.69, 9.17) is 5.11 Å². The van der Waals surface area contributed by atoms with Crippen molar-refractivity contribution >= 4 is 23.8 Å². The third-order valence-corrected chi connectivity index (χ3v) is 3.49. The molecule has 0 spiro atoms. The highest BCUT2D eigenvalue weighted by Crippen LogP contribution is 2.11. The van der Waals surface area contributed by atoms with Crippen LogP contribution in [0.2, 0.25) is 0 Å². The molecule has 0 aromatic heterocycles. The minimum Gasteiger partial charge on any atom is -0.508 e. The number of carboxylic acids is 1. The lowest BCUT2D eigenvalue weighted by Crippen LogP contribution is -2.47. The first kappa shape index (κ1) is 17.2. The molecule has 0 bridgehead atoms. The Bertz CT molecular complexity index is 465. The van der Waals surface area contributed by atoms with Crippen molar-refractivity contribution in [2.45, 2.75) is 18.9 Å². The van der Waals surface area contributed by atoms with Crippen molar-refractivity contribution in [3.8, 4) is 5.75 Å². The maximum Gasteiger partial charge on any atom is 0.326 e. The smallest absolute Gasteiger partial charge is 0.326 e. The van der Waals surface area contributed by atoms with Crippen LogP contribution >= 0.6 is 11.8 Å². The van der Waals surface area contributed by atoms with Crippen LogP contribution in [0.5, 0.6) is 5.75 Å². The Kier molecular flexibility index (Phi) is 7.45. The highest BCUT2D eigenvalue weighted by Gasteiger charge is 2.20. The summed E-state index contributed by atoms with van der Waals surface area (Å²) in [5, 5.41) is 23.4. The minimum atomic E-state index is -1.10. The van der Waals surface area contributed by atoms with Crippen LogP contribution in [0.3, 0.4) is 0 Å². The maximum atomic E-state index is 11.6. The summed E-state index contributed by atoms with van der Waals surface area (Å²) in [5.74, 6) is -0.0386. The van der Waals surface area contributed by atoms with E-state index in [2.05, 4.69) is 10.6 Å². The van der Waals surface area contributed by atoms with E-state index in [9.17, 15) is 14.7 Å². The zero-order valence-electron chi connectivity index (χ0n) is 11.8. The molecule has 0 fully saturated rings. The first-order valence-electron chi connectivity index (χ1n) is 6.57. The molecule has 6 nitrogen and oxygen atoms in total. The Morgan fingerprint density at radius 2 is 1.95 bits per heavy atom. The quantitative estimate of drug-likeness (QED) is 0.544. The van der Waals surface area contributed by atoms with Crippen LogP contribution in [0.15, 0.2) is 24.3 Å². The van der Waals surface area contributed by atoms with Gasteiger partial charge >= 0.3 is 12.0 Å². The Labute approximate surface area is 127 Å². The van der Waals surface area contributed by atoms with E-state index in [0.29, 0.717) is 6.54 Å². The molecule has 1 unspecified atom stereocenters. The molecule has 0 heterocycles. The molecule has 0 aliphatic carbocycles. The lowest BCUT2D eigenvalue weighted by Gasteiger charge is -2.15. The van der Waals surface area contributed by atoms with E-state index >= 15 is 0 Å². The first-order valence-corrected chi connectivity index (χ1v) is 7.96. The molecule has 1 aromatic rings. The van der Waals surface area contributed by atoms with Gasteiger partial charge in [0.15, 0.2) is 0 Å². The highest BCUT2D eigenvalue weighted by atomic mass is 32.2. The molecule has 0 saturated heterocycles. The summed E-state index contributed by atoms with van der Waals surface area (Å²) in [6.07, 6.45) is 2.98. The van der Waals surface area contributed by atoms with Crippen LogP contribution in [-0.2, 0) is 11.2 Å². The Morgan fingerprint density at radius 3 is 2.52 bits per heavy atom. The highest BCUT2D eigenvalue weighted by molar-refractivity contribution is 7.98. The number of phenols is 1. The number of carboxylic acid groups (broad SMARTS) is 1. The normalized spacial score (nSPS) is 11.7. The van der Waals surface area contributed by atoms with Gasteiger partial charge in [0.2, 0.25) is 0 Å². The maximum absolute atomic E-state index is 11.6. The van der Waals surface area contributed by atoms with E-state index in [1.54, 1.807) is 23.9 Å². The first-order chi connectivity index (χ1) is 10.0. The van der Waals surface area contributed by atoms with Gasteiger partial charge in [0.1, 0.15) is 11.8 Å². The summed E-state index contributed by atoms with van der Waals surface area (Å²) in [4.78, 5) is 22.8. The monoisotopic (exact) mass is 312 g/mol. The molecule has 0 aliphatic rings. The van der Waals surface area contributed by atoms with Crippen molar-refractivity contribution in [1.29, 1.82) is 0 Å². The summed E-state index contributed by atoms with van der Waals surface area (Å²) < 4.78 is 0. The fourth-order valence-electron chi connectivity index (χ4n) is 1.70. The topological polar surface area (TPSA) is 98.7 Å². The molecule has 1 aromatic carbocycles. The predicted molar refractivity (Wildman–Crippen MR) is 82.8 cm³/mol. The second kappa shape index (κ2) is 9.12. The SMILES string of the molecule is CSCCCNC(=O)NC(Cc1ccc(O)cc1)C(=O)O.